The fraction of sp³-hybridized carbons (Fsp3) is 0.565. The maximum Gasteiger partial charge on any atom is 0.410 e. The molecule has 0 saturated carbocycles. The van der Waals surface area contributed by atoms with Crippen LogP contribution in [-0.2, 0) is 16.5 Å². The van der Waals surface area contributed by atoms with E-state index in [1.165, 1.54) is 4.57 Å². The first kappa shape index (κ1) is 23.5. The minimum atomic E-state index is -0.604. The average Bonchev–Trinajstić information content (AvgIpc) is 2.74. The quantitative estimate of drug-likeness (QED) is 0.719. The predicted octanol–water partition coefficient (Wildman–Crippen LogP) is 2.66. The van der Waals surface area contributed by atoms with Crippen LogP contribution < -0.4 is 10.5 Å². The van der Waals surface area contributed by atoms with Crippen molar-refractivity contribution in [3.63, 3.8) is 0 Å². The van der Waals surface area contributed by atoms with E-state index in [2.05, 4.69) is 16.0 Å². The Morgan fingerprint density at radius 1 is 1.28 bits per heavy atom. The van der Waals surface area contributed by atoms with E-state index >= 15 is 0 Å². The lowest BCUT2D eigenvalue weighted by atomic mass is 10.0. The molecule has 1 amide bonds. The van der Waals surface area contributed by atoms with Crippen molar-refractivity contribution in [1.29, 1.82) is 5.26 Å². The molecule has 0 radical (unpaired) electrons. The molecule has 3 rings (SSSR count). The van der Waals surface area contributed by atoms with Gasteiger partial charge in [-0.2, -0.15) is 5.26 Å². The first-order valence-corrected chi connectivity index (χ1v) is 10.8. The fourth-order valence-corrected chi connectivity index (χ4v) is 4.07. The van der Waals surface area contributed by atoms with Crippen molar-refractivity contribution in [3.8, 4) is 6.07 Å². The smallest absolute Gasteiger partial charge is 0.410 e. The third kappa shape index (κ3) is 4.70. The molecule has 3 heterocycles. The number of piperazine rings is 1. The molecular formula is C23H31N5O4. The first-order valence-electron chi connectivity index (χ1n) is 10.8. The Morgan fingerprint density at radius 3 is 2.59 bits per heavy atom. The minimum Gasteiger partial charge on any atom is -0.444 e. The maximum absolute atomic E-state index is 12.9. The largest absolute Gasteiger partial charge is 0.444 e. The normalized spacial score (nSPS) is 19.2. The highest BCUT2D eigenvalue weighted by atomic mass is 16.6. The molecule has 9 heteroatoms. The molecule has 2 atom stereocenters. The van der Waals surface area contributed by atoms with Crippen molar-refractivity contribution >= 4 is 22.8 Å². The number of nitriles is 1. The van der Waals surface area contributed by atoms with E-state index in [0.29, 0.717) is 36.4 Å². The van der Waals surface area contributed by atoms with Gasteiger partial charge >= 0.3 is 6.09 Å². The summed E-state index contributed by atoms with van der Waals surface area (Å²) in [5, 5.41) is 9.35. The van der Waals surface area contributed by atoms with Crippen LogP contribution >= 0.6 is 0 Å². The van der Waals surface area contributed by atoms with Gasteiger partial charge in [0.15, 0.2) is 0 Å². The molecule has 0 aromatic carbocycles. The van der Waals surface area contributed by atoms with Crippen LogP contribution in [0.5, 0.6) is 0 Å². The number of anilines is 1. The van der Waals surface area contributed by atoms with Crippen molar-refractivity contribution < 1.29 is 14.3 Å². The number of aromatic nitrogens is 2. The van der Waals surface area contributed by atoms with E-state index in [-0.39, 0.29) is 29.4 Å². The first-order chi connectivity index (χ1) is 15.1. The van der Waals surface area contributed by atoms with Gasteiger partial charge in [-0.05, 0) is 39.3 Å². The second-order valence-electron chi connectivity index (χ2n) is 9.06. The van der Waals surface area contributed by atoms with Crippen LogP contribution in [0.2, 0.25) is 0 Å². The van der Waals surface area contributed by atoms with Crippen LogP contribution in [0.1, 0.15) is 39.8 Å². The Bertz CT molecular complexity index is 1100. The van der Waals surface area contributed by atoms with Gasteiger partial charge in [-0.15, -0.1) is 0 Å². The SMILES string of the molecule is CC[C@H]1CN(C(=O)OC(C)(C)C)[C@H](COC)CN1c1cc(=O)n(C)c2ccc(C#N)nc12. The highest BCUT2D eigenvalue weighted by Crippen LogP contribution is 2.30. The zero-order chi connectivity index (χ0) is 23.6. The molecule has 1 aliphatic heterocycles. The zero-order valence-electron chi connectivity index (χ0n) is 19.6. The van der Waals surface area contributed by atoms with Gasteiger partial charge in [-0.3, -0.25) is 9.69 Å². The van der Waals surface area contributed by atoms with E-state index in [1.807, 2.05) is 27.7 Å². The Kier molecular flexibility index (Phi) is 6.74. The van der Waals surface area contributed by atoms with E-state index in [1.54, 1.807) is 37.3 Å². The van der Waals surface area contributed by atoms with Crippen LogP contribution in [0.3, 0.4) is 0 Å². The molecule has 1 saturated heterocycles. The molecule has 0 aliphatic carbocycles. The molecule has 0 N–H and O–H groups in total. The number of rotatable bonds is 4. The van der Waals surface area contributed by atoms with Gasteiger partial charge in [-0.1, -0.05) is 6.92 Å². The Labute approximate surface area is 188 Å². The lowest BCUT2D eigenvalue weighted by Gasteiger charge is -2.47. The second kappa shape index (κ2) is 9.17. The number of fused-ring (bicyclic) bond motifs is 1. The van der Waals surface area contributed by atoms with E-state index in [0.717, 1.165) is 6.42 Å². The number of carbonyl (C=O) groups is 1. The van der Waals surface area contributed by atoms with Crippen molar-refractivity contribution in [1.82, 2.24) is 14.5 Å². The highest BCUT2D eigenvalue weighted by molar-refractivity contribution is 5.89. The summed E-state index contributed by atoms with van der Waals surface area (Å²) in [6.45, 7) is 8.77. The van der Waals surface area contributed by atoms with E-state index in [9.17, 15) is 14.9 Å². The monoisotopic (exact) mass is 441 g/mol. The Balaban J connectivity index is 2.08. The number of nitrogens with zero attached hydrogens (tertiary/aromatic N) is 5. The highest BCUT2D eigenvalue weighted by Gasteiger charge is 2.38. The van der Waals surface area contributed by atoms with Gasteiger partial charge in [-0.25, -0.2) is 9.78 Å². The minimum absolute atomic E-state index is 0.0570. The van der Waals surface area contributed by atoms with Crippen molar-refractivity contribution in [3.05, 3.63) is 34.2 Å². The van der Waals surface area contributed by atoms with Gasteiger partial charge < -0.3 is 18.9 Å². The lowest BCUT2D eigenvalue weighted by Crippen LogP contribution is -2.62. The summed E-state index contributed by atoms with van der Waals surface area (Å²) in [6.07, 6.45) is 0.365. The number of ether oxygens (including phenoxy) is 2. The Morgan fingerprint density at radius 2 is 2.00 bits per heavy atom. The summed E-state index contributed by atoms with van der Waals surface area (Å²) in [5.41, 5.74) is 1.42. The lowest BCUT2D eigenvalue weighted by molar-refractivity contribution is -0.000971. The third-order valence-electron chi connectivity index (χ3n) is 5.65. The number of hydrogen-bond acceptors (Lipinski definition) is 7. The van der Waals surface area contributed by atoms with Crippen LogP contribution in [0.25, 0.3) is 11.0 Å². The van der Waals surface area contributed by atoms with Gasteiger partial charge in [0, 0.05) is 39.4 Å². The van der Waals surface area contributed by atoms with Crippen LogP contribution in [0, 0.1) is 11.3 Å². The summed E-state index contributed by atoms with van der Waals surface area (Å²) in [4.78, 5) is 34.0. The molecule has 0 spiro atoms. The molecule has 2 aromatic heterocycles. The standard InChI is InChI=1S/C23H31N5O4/c1-7-16-12-28(22(30)32-23(2,3)4)17(14-31-6)13-27(16)19-10-20(29)26(5)18-9-8-15(11-24)25-21(18)19/h8-10,16-17H,7,12-14H2,1-6H3/t16-,17-/m0/s1. The van der Waals surface area contributed by atoms with Crippen molar-refractivity contribution in [2.24, 2.45) is 7.05 Å². The molecule has 0 bridgehead atoms. The van der Waals surface area contributed by atoms with Gasteiger partial charge in [0.05, 0.1) is 23.9 Å². The predicted molar refractivity (Wildman–Crippen MR) is 122 cm³/mol. The molecule has 32 heavy (non-hydrogen) atoms. The van der Waals surface area contributed by atoms with Crippen molar-refractivity contribution in [2.45, 2.75) is 51.8 Å². The summed E-state index contributed by atoms with van der Waals surface area (Å²) in [7, 11) is 3.28. The number of methoxy groups -OCH3 is 1. The number of aryl methyl sites for hydroxylation is 1. The topological polar surface area (TPSA) is 101 Å². The number of pyridine rings is 2. The van der Waals surface area contributed by atoms with E-state index < -0.39 is 5.60 Å². The Hall–Kier alpha value is -3.12. The number of hydrogen-bond donors (Lipinski definition) is 0. The molecule has 9 nitrogen and oxygen atoms in total. The van der Waals surface area contributed by atoms with Crippen LogP contribution in [0.15, 0.2) is 23.0 Å². The van der Waals surface area contributed by atoms with Crippen LogP contribution in [0.4, 0.5) is 10.5 Å². The molecule has 2 aromatic rings. The zero-order valence-corrected chi connectivity index (χ0v) is 19.6. The number of carbonyl (C=O) groups excluding carboxylic acids is 1. The molecular weight excluding hydrogens is 410 g/mol. The second-order valence-corrected chi connectivity index (χ2v) is 9.06. The third-order valence-corrected chi connectivity index (χ3v) is 5.65. The molecule has 1 fully saturated rings. The fourth-order valence-electron chi connectivity index (χ4n) is 4.07. The van der Waals surface area contributed by atoms with Crippen molar-refractivity contribution in [2.75, 3.05) is 31.7 Å². The van der Waals surface area contributed by atoms with Crippen LogP contribution in [-0.4, -0.2) is 65.0 Å². The van der Waals surface area contributed by atoms with E-state index in [4.69, 9.17) is 9.47 Å². The van der Waals surface area contributed by atoms with Gasteiger partial charge in [0.25, 0.3) is 5.56 Å². The summed E-state index contributed by atoms with van der Waals surface area (Å²) < 4.78 is 12.6. The summed E-state index contributed by atoms with van der Waals surface area (Å²) in [6, 6.07) is 6.67. The van der Waals surface area contributed by atoms with Gasteiger partial charge in [0.2, 0.25) is 0 Å². The maximum atomic E-state index is 12.9. The van der Waals surface area contributed by atoms with Gasteiger partial charge in [0.1, 0.15) is 22.9 Å². The summed E-state index contributed by atoms with van der Waals surface area (Å²) in [5.74, 6) is 0. The molecule has 1 aliphatic rings. The average molecular weight is 442 g/mol. The summed E-state index contributed by atoms with van der Waals surface area (Å²) >= 11 is 0. The number of amides is 1. The molecule has 0 unspecified atom stereocenters. The molecule has 172 valence electrons.